The second kappa shape index (κ2) is 4.67. The molecule has 94 valence electrons. The molecule has 1 fully saturated rings. The van der Waals surface area contributed by atoms with E-state index >= 15 is 0 Å². The zero-order chi connectivity index (χ0) is 12.5. The largest absolute Gasteiger partial charge is 0.496 e. The van der Waals surface area contributed by atoms with E-state index in [1.165, 1.54) is 5.56 Å². The van der Waals surface area contributed by atoms with Gasteiger partial charge in [-0.3, -0.25) is 0 Å². The predicted octanol–water partition coefficient (Wildman–Crippen LogP) is 2.69. The van der Waals surface area contributed by atoms with Crippen molar-refractivity contribution >= 4 is 0 Å². The molecule has 0 radical (unpaired) electrons. The zero-order valence-corrected chi connectivity index (χ0v) is 10.9. The molecular weight excluding hydrogens is 216 g/mol. The number of hydrogen-bond acceptors (Lipinski definition) is 3. The summed E-state index contributed by atoms with van der Waals surface area (Å²) in [5, 5.41) is 0. The monoisotopic (exact) mass is 236 g/mol. The highest BCUT2D eigenvalue weighted by atomic mass is 16.6. The fourth-order valence-corrected chi connectivity index (χ4v) is 2.11. The highest BCUT2D eigenvalue weighted by Crippen LogP contribution is 2.39. The Balaban J connectivity index is 2.45. The third-order valence-electron chi connectivity index (χ3n) is 3.44. The Bertz CT molecular complexity index is 389. The molecule has 0 saturated carbocycles. The minimum Gasteiger partial charge on any atom is -0.496 e. The minimum atomic E-state index is -0.323. The Hall–Kier alpha value is -1.06. The van der Waals surface area contributed by atoms with Gasteiger partial charge < -0.3 is 14.2 Å². The van der Waals surface area contributed by atoms with Crippen molar-refractivity contribution in [2.75, 3.05) is 27.4 Å². The van der Waals surface area contributed by atoms with Crippen LogP contribution in [-0.2, 0) is 15.1 Å². The molecule has 3 nitrogen and oxygen atoms in total. The Morgan fingerprint density at radius 2 is 1.94 bits per heavy atom. The van der Waals surface area contributed by atoms with Gasteiger partial charge >= 0.3 is 0 Å². The number of rotatable bonds is 4. The third kappa shape index (κ3) is 2.05. The van der Waals surface area contributed by atoms with Crippen molar-refractivity contribution in [3.63, 3.8) is 0 Å². The Kier molecular flexibility index (Phi) is 3.40. The number of hydrogen-bond donors (Lipinski definition) is 0. The molecule has 0 spiro atoms. The van der Waals surface area contributed by atoms with Gasteiger partial charge in [0.2, 0.25) is 0 Å². The van der Waals surface area contributed by atoms with Crippen LogP contribution in [0, 0.1) is 0 Å². The van der Waals surface area contributed by atoms with Crippen LogP contribution in [-0.4, -0.2) is 27.4 Å². The molecule has 0 N–H and O–H groups in total. The molecule has 0 unspecified atom stereocenters. The van der Waals surface area contributed by atoms with Crippen molar-refractivity contribution in [3.05, 3.63) is 29.3 Å². The molecule has 0 aliphatic carbocycles. The fraction of sp³-hybridized carbons (Fsp3) is 0.571. The summed E-state index contributed by atoms with van der Waals surface area (Å²) in [6.45, 7) is 5.56. The lowest BCUT2D eigenvalue weighted by molar-refractivity contribution is -0.203. The summed E-state index contributed by atoms with van der Waals surface area (Å²) in [5.41, 5.74) is 2.07. The van der Waals surface area contributed by atoms with Crippen molar-refractivity contribution in [1.82, 2.24) is 0 Å². The van der Waals surface area contributed by atoms with E-state index in [0.717, 1.165) is 11.3 Å². The first-order chi connectivity index (χ1) is 8.13. The lowest BCUT2D eigenvalue weighted by Crippen LogP contribution is -2.48. The molecule has 1 aromatic carbocycles. The van der Waals surface area contributed by atoms with Gasteiger partial charge in [-0.1, -0.05) is 19.9 Å². The summed E-state index contributed by atoms with van der Waals surface area (Å²) in [5.74, 6) is 1.37. The van der Waals surface area contributed by atoms with E-state index in [1.807, 2.05) is 6.07 Å². The van der Waals surface area contributed by atoms with E-state index in [9.17, 15) is 0 Å². The predicted molar refractivity (Wildman–Crippen MR) is 66.6 cm³/mol. The average Bonchev–Trinajstić information content (AvgIpc) is 2.28. The number of methoxy groups -OCH3 is 2. The van der Waals surface area contributed by atoms with Crippen molar-refractivity contribution in [2.24, 2.45) is 0 Å². The normalized spacial score (nSPS) is 17.9. The summed E-state index contributed by atoms with van der Waals surface area (Å²) in [6, 6.07) is 6.30. The van der Waals surface area contributed by atoms with Gasteiger partial charge in [0.25, 0.3) is 0 Å². The maximum absolute atomic E-state index is 5.63. The Labute approximate surface area is 103 Å². The first-order valence-electron chi connectivity index (χ1n) is 5.94. The zero-order valence-electron chi connectivity index (χ0n) is 10.9. The van der Waals surface area contributed by atoms with Crippen LogP contribution in [0.25, 0.3) is 0 Å². The van der Waals surface area contributed by atoms with E-state index in [2.05, 4.69) is 26.0 Å². The first-order valence-corrected chi connectivity index (χ1v) is 5.94. The van der Waals surface area contributed by atoms with Crippen LogP contribution >= 0.6 is 0 Å². The summed E-state index contributed by atoms with van der Waals surface area (Å²) in [6.07, 6.45) is 0. The summed E-state index contributed by atoms with van der Waals surface area (Å²) in [7, 11) is 3.42. The van der Waals surface area contributed by atoms with Crippen molar-refractivity contribution in [3.8, 4) is 5.75 Å². The summed E-state index contributed by atoms with van der Waals surface area (Å²) < 4.78 is 16.4. The van der Waals surface area contributed by atoms with E-state index in [0.29, 0.717) is 19.1 Å². The van der Waals surface area contributed by atoms with Crippen molar-refractivity contribution in [2.45, 2.75) is 25.4 Å². The van der Waals surface area contributed by atoms with Crippen LogP contribution in [0.3, 0.4) is 0 Å². The van der Waals surface area contributed by atoms with Gasteiger partial charge in [-0.2, -0.15) is 0 Å². The molecule has 1 aliphatic rings. The topological polar surface area (TPSA) is 27.7 Å². The number of benzene rings is 1. The van der Waals surface area contributed by atoms with E-state index in [4.69, 9.17) is 14.2 Å². The van der Waals surface area contributed by atoms with Crippen LogP contribution in [0.15, 0.2) is 18.2 Å². The van der Waals surface area contributed by atoms with Crippen LogP contribution in [0.4, 0.5) is 0 Å². The van der Waals surface area contributed by atoms with Crippen LogP contribution in [0.5, 0.6) is 5.75 Å². The molecule has 1 saturated heterocycles. The molecule has 2 rings (SSSR count). The van der Waals surface area contributed by atoms with Crippen LogP contribution < -0.4 is 4.74 Å². The highest BCUT2D eigenvalue weighted by molar-refractivity contribution is 5.43. The third-order valence-corrected chi connectivity index (χ3v) is 3.44. The lowest BCUT2D eigenvalue weighted by atomic mass is 9.88. The second-order valence-electron chi connectivity index (χ2n) is 4.81. The van der Waals surface area contributed by atoms with Gasteiger partial charge in [0.05, 0.1) is 20.3 Å². The van der Waals surface area contributed by atoms with Gasteiger partial charge in [-0.15, -0.1) is 0 Å². The van der Waals surface area contributed by atoms with Crippen LogP contribution in [0.2, 0.25) is 0 Å². The lowest BCUT2D eigenvalue weighted by Gasteiger charge is -2.41. The first kappa shape index (κ1) is 12.4. The smallest absolute Gasteiger partial charge is 0.143 e. The van der Waals surface area contributed by atoms with Crippen LogP contribution in [0.1, 0.15) is 30.9 Å². The number of ether oxygens (including phenoxy) is 3. The van der Waals surface area contributed by atoms with Crippen molar-refractivity contribution < 1.29 is 14.2 Å². The molecule has 0 amide bonds. The van der Waals surface area contributed by atoms with E-state index in [-0.39, 0.29) is 5.60 Å². The van der Waals surface area contributed by atoms with E-state index < -0.39 is 0 Å². The fourth-order valence-electron chi connectivity index (χ4n) is 2.11. The molecule has 1 aromatic rings. The standard InChI is InChI=1S/C14H20O3/c1-10(2)11-5-6-13(15-3)12(7-11)14(16-4)8-17-9-14/h5-7,10H,8-9H2,1-4H3. The van der Waals surface area contributed by atoms with Crippen molar-refractivity contribution in [1.29, 1.82) is 0 Å². The molecule has 17 heavy (non-hydrogen) atoms. The van der Waals surface area contributed by atoms with E-state index in [1.54, 1.807) is 14.2 Å². The molecule has 0 atom stereocenters. The molecule has 1 heterocycles. The molecule has 0 aromatic heterocycles. The SMILES string of the molecule is COc1ccc(C(C)C)cc1C1(OC)COC1. The summed E-state index contributed by atoms with van der Waals surface area (Å²) in [4.78, 5) is 0. The maximum atomic E-state index is 5.63. The maximum Gasteiger partial charge on any atom is 0.143 e. The molecule has 1 aliphatic heterocycles. The quantitative estimate of drug-likeness (QED) is 0.804. The Morgan fingerprint density at radius 3 is 2.35 bits per heavy atom. The molecule has 3 heteroatoms. The van der Waals surface area contributed by atoms with Gasteiger partial charge in [-0.25, -0.2) is 0 Å². The minimum absolute atomic E-state index is 0.323. The molecule has 0 bridgehead atoms. The van der Waals surface area contributed by atoms with Gasteiger partial charge in [0.15, 0.2) is 0 Å². The summed E-state index contributed by atoms with van der Waals surface area (Å²) >= 11 is 0. The van der Waals surface area contributed by atoms with Gasteiger partial charge in [0.1, 0.15) is 11.4 Å². The Morgan fingerprint density at radius 1 is 1.24 bits per heavy atom. The van der Waals surface area contributed by atoms with Gasteiger partial charge in [-0.05, 0) is 23.6 Å². The molecular formula is C14H20O3. The highest BCUT2D eigenvalue weighted by Gasteiger charge is 2.43. The average molecular weight is 236 g/mol. The van der Waals surface area contributed by atoms with Gasteiger partial charge in [0, 0.05) is 12.7 Å². The second-order valence-corrected chi connectivity index (χ2v) is 4.81.